The van der Waals surface area contributed by atoms with Crippen LogP contribution in [-0.2, 0) is 4.74 Å². The highest BCUT2D eigenvalue weighted by atomic mass is 19.3. The number of furan rings is 1. The van der Waals surface area contributed by atoms with Gasteiger partial charge in [-0.25, -0.2) is 23.1 Å². The van der Waals surface area contributed by atoms with Gasteiger partial charge in [-0.2, -0.15) is 4.98 Å². The Morgan fingerprint density at radius 1 is 1.07 bits per heavy atom. The van der Waals surface area contributed by atoms with Crippen molar-refractivity contribution in [1.82, 2.24) is 19.5 Å². The third-order valence-electron chi connectivity index (χ3n) is 7.28. The summed E-state index contributed by atoms with van der Waals surface area (Å²) >= 11 is 0. The number of terminal acetylenes is 1. The quantitative estimate of drug-likeness (QED) is 0.276. The third kappa shape index (κ3) is 4.97. The lowest BCUT2D eigenvalue weighted by atomic mass is 10.1. The molecule has 0 radical (unpaired) electrons. The molecule has 1 N–H and O–H groups in total. The number of ether oxygens (including phenoxy) is 2. The van der Waals surface area contributed by atoms with E-state index in [1.54, 1.807) is 12.1 Å². The lowest BCUT2D eigenvalue weighted by Gasteiger charge is -2.29. The number of benzene rings is 2. The van der Waals surface area contributed by atoms with E-state index in [9.17, 15) is 13.2 Å². The second-order valence-electron chi connectivity index (χ2n) is 9.79. The Kier molecular flexibility index (Phi) is 7.28. The summed E-state index contributed by atoms with van der Waals surface area (Å²) in [5, 5.41) is 7.76. The van der Waals surface area contributed by atoms with Crippen LogP contribution >= 0.6 is 0 Å². The highest BCUT2D eigenvalue weighted by Crippen LogP contribution is 2.37. The number of para-hydroxylation sites is 3. The smallest absolute Gasteiger partial charge is 0.298 e. The Hall–Kier alpha value is -4.50. The number of imidazole rings is 1. The van der Waals surface area contributed by atoms with Gasteiger partial charge in [0.25, 0.3) is 12.4 Å². The number of aliphatic hydroxyl groups is 1. The number of halogens is 3. The van der Waals surface area contributed by atoms with Crippen LogP contribution in [0, 0.1) is 12.5 Å². The van der Waals surface area contributed by atoms with E-state index in [4.69, 9.17) is 19.0 Å². The number of anilines is 1. The van der Waals surface area contributed by atoms with Gasteiger partial charge >= 0.3 is 0 Å². The summed E-state index contributed by atoms with van der Waals surface area (Å²) in [7, 11) is 0. The molecule has 9 nitrogen and oxygen atoms in total. The average Bonchev–Trinajstić information content (AvgIpc) is 3.69. The Bertz CT molecular complexity index is 1730. The third-order valence-corrected chi connectivity index (χ3v) is 7.28. The summed E-state index contributed by atoms with van der Waals surface area (Å²) in [5.41, 5.74) is 2.81. The molecule has 12 heteroatoms. The van der Waals surface area contributed by atoms with Crippen LogP contribution in [0.2, 0.25) is 0 Å². The predicted molar refractivity (Wildman–Crippen MR) is 145 cm³/mol. The van der Waals surface area contributed by atoms with Crippen LogP contribution in [0.4, 0.5) is 19.0 Å². The number of alkyl halides is 3. The van der Waals surface area contributed by atoms with Gasteiger partial charge in [-0.3, -0.25) is 4.57 Å². The van der Waals surface area contributed by atoms with Crippen molar-refractivity contribution in [3.05, 3.63) is 54.4 Å². The van der Waals surface area contributed by atoms with Crippen molar-refractivity contribution in [3.8, 4) is 18.5 Å². The number of rotatable bonds is 5. The molecule has 2 aromatic carbocycles. The number of fused-ring (bicyclic) bond motifs is 4. The maximum atomic E-state index is 14.9. The zero-order valence-electron chi connectivity index (χ0n) is 21.8. The molecule has 5 heterocycles. The molecule has 41 heavy (non-hydrogen) atoms. The SMILES string of the molecule is C#CO.FC(F)c1nc(N2CC[C@H](Oc3nc4ccccc4n3[C@@H]3CCOCC3F)C2)c2oc3ccccc3c2n1. The maximum absolute atomic E-state index is 14.9. The Labute approximate surface area is 232 Å². The fraction of sp³-hybridized carbons (Fsp3) is 0.345. The van der Waals surface area contributed by atoms with Crippen LogP contribution in [0.25, 0.3) is 33.1 Å². The lowest BCUT2D eigenvalue weighted by Crippen LogP contribution is -2.32. The van der Waals surface area contributed by atoms with E-state index in [1.165, 1.54) is 6.11 Å². The standard InChI is InChI=1S/C27H24F3N5O3.C2H2O/c28-17-14-36-12-10-19(17)35-20-7-3-2-6-18(20)31-27(35)37-15-9-11-34(13-15)26-23-22(32-25(33-26)24(29)30)16-5-1-4-8-21(16)38-23;1-2-3/h1-8,15,17,19,24H,9-14H2;1,3H/t15-,17?,19+;/m0./s1. The molecule has 3 atom stereocenters. The van der Waals surface area contributed by atoms with E-state index in [0.29, 0.717) is 66.4 Å². The minimum atomic E-state index is -2.82. The van der Waals surface area contributed by atoms with Gasteiger partial charge in [-0.05, 0) is 30.7 Å². The van der Waals surface area contributed by atoms with E-state index < -0.39 is 24.5 Å². The normalized spacial score (nSPS) is 20.9. The molecule has 2 aliphatic rings. The zero-order chi connectivity index (χ0) is 28.5. The minimum Gasteiger partial charge on any atom is -0.462 e. The van der Waals surface area contributed by atoms with Crippen molar-refractivity contribution in [3.63, 3.8) is 0 Å². The highest BCUT2D eigenvalue weighted by Gasteiger charge is 2.34. The lowest BCUT2D eigenvalue weighted by molar-refractivity contribution is 0.00125. The van der Waals surface area contributed by atoms with Gasteiger partial charge in [0, 0.05) is 25.0 Å². The second kappa shape index (κ2) is 11.2. The molecule has 3 aromatic heterocycles. The van der Waals surface area contributed by atoms with Crippen molar-refractivity contribution in [2.45, 2.75) is 37.6 Å². The van der Waals surface area contributed by atoms with Crippen molar-refractivity contribution in [2.75, 3.05) is 31.2 Å². The van der Waals surface area contributed by atoms with Gasteiger partial charge < -0.3 is 23.9 Å². The largest absolute Gasteiger partial charge is 0.462 e. The molecule has 2 aliphatic heterocycles. The Morgan fingerprint density at radius 3 is 2.66 bits per heavy atom. The molecule has 212 valence electrons. The van der Waals surface area contributed by atoms with E-state index in [2.05, 4.69) is 21.4 Å². The first-order chi connectivity index (χ1) is 20.0. The number of aromatic nitrogens is 4. The van der Waals surface area contributed by atoms with Gasteiger partial charge in [0.1, 0.15) is 29.5 Å². The molecule has 2 saturated heterocycles. The summed E-state index contributed by atoms with van der Waals surface area (Å²) < 4.78 is 61.9. The van der Waals surface area contributed by atoms with Crippen LogP contribution in [-0.4, -0.2) is 63.2 Å². The summed E-state index contributed by atoms with van der Waals surface area (Å²) in [6.07, 6.45) is 2.20. The van der Waals surface area contributed by atoms with E-state index in [-0.39, 0.29) is 12.7 Å². The van der Waals surface area contributed by atoms with Crippen LogP contribution < -0.4 is 9.64 Å². The van der Waals surface area contributed by atoms with Gasteiger partial charge in [0.05, 0.1) is 30.2 Å². The zero-order valence-corrected chi connectivity index (χ0v) is 21.8. The topological polar surface area (TPSA) is 98.7 Å². The Balaban J connectivity index is 0.000000967. The van der Waals surface area contributed by atoms with Crippen LogP contribution in [0.5, 0.6) is 6.01 Å². The number of hydrogen-bond donors (Lipinski definition) is 1. The first-order valence-corrected chi connectivity index (χ1v) is 13.2. The monoisotopic (exact) mass is 565 g/mol. The van der Waals surface area contributed by atoms with Crippen molar-refractivity contribution >= 4 is 38.9 Å². The molecule has 0 spiro atoms. The summed E-state index contributed by atoms with van der Waals surface area (Å²) in [6, 6.07) is 14.6. The van der Waals surface area contributed by atoms with E-state index >= 15 is 0 Å². The average molecular weight is 566 g/mol. The first kappa shape index (κ1) is 26.7. The molecule has 0 saturated carbocycles. The molecular formula is C29H26F3N5O4. The van der Waals surface area contributed by atoms with Crippen LogP contribution in [0.15, 0.2) is 52.9 Å². The van der Waals surface area contributed by atoms with Gasteiger partial charge in [0.15, 0.2) is 17.2 Å². The van der Waals surface area contributed by atoms with Crippen molar-refractivity contribution in [1.29, 1.82) is 0 Å². The van der Waals surface area contributed by atoms with E-state index in [1.807, 2.05) is 45.9 Å². The summed E-state index contributed by atoms with van der Waals surface area (Å²) in [5.74, 6) is -0.229. The van der Waals surface area contributed by atoms with Crippen molar-refractivity contribution in [2.24, 2.45) is 0 Å². The Morgan fingerprint density at radius 2 is 1.85 bits per heavy atom. The highest BCUT2D eigenvalue weighted by molar-refractivity contribution is 6.05. The second-order valence-corrected chi connectivity index (χ2v) is 9.79. The maximum Gasteiger partial charge on any atom is 0.298 e. The number of hydrogen-bond acceptors (Lipinski definition) is 8. The first-order valence-electron chi connectivity index (χ1n) is 13.2. The van der Waals surface area contributed by atoms with Crippen molar-refractivity contribution < 1.29 is 32.2 Å². The van der Waals surface area contributed by atoms with Gasteiger partial charge in [0.2, 0.25) is 0 Å². The molecule has 2 fully saturated rings. The fourth-order valence-corrected chi connectivity index (χ4v) is 5.48. The molecular weight excluding hydrogens is 539 g/mol. The van der Waals surface area contributed by atoms with Gasteiger partial charge in [-0.15, -0.1) is 0 Å². The predicted octanol–water partition coefficient (Wildman–Crippen LogP) is 5.57. The number of aliphatic hydroxyl groups excluding tert-OH is 1. The molecule has 7 rings (SSSR count). The molecule has 0 amide bonds. The summed E-state index contributed by atoms with van der Waals surface area (Å²) in [6.45, 7) is 1.38. The fourth-order valence-electron chi connectivity index (χ4n) is 5.48. The van der Waals surface area contributed by atoms with E-state index in [0.717, 1.165) is 11.0 Å². The molecule has 5 aromatic rings. The molecule has 0 bridgehead atoms. The minimum absolute atomic E-state index is 0.0293. The van der Waals surface area contributed by atoms with Gasteiger partial charge in [-0.1, -0.05) is 30.7 Å². The molecule has 0 aliphatic carbocycles. The van der Waals surface area contributed by atoms with Crippen LogP contribution in [0.3, 0.4) is 0 Å². The van der Waals surface area contributed by atoms with Crippen LogP contribution in [0.1, 0.15) is 31.1 Å². The molecule has 1 unspecified atom stereocenters. The number of nitrogens with zero attached hydrogens (tertiary/aromatic N) is 5. The summed E-state index contributed by atoms with van der Waals surface area (Å²) in [4.78, 5) is 14.8.